The molecule has 0 saturated carbocycles. The van der Waals surface area contributed by atoms with Crippen LogP contribution in [0.25, 0.3) is 0 Å². The highest BCUT2D eigenvalue weighted by Crippen LogP contribution is 2.12. The molecule has 0 spiro atoms. The number of fused-ring (bicyclic) bond motifs is 1. The summed E-state index contributed by atoms with van der Waals surface area (Å²) in [5.74, 6) is 0.572. The summed E-state index contributed by atoms with van der Waals surface area (Å²) in [6.07, 6.45) is 7.66. The van der Waals surface area contributed by atoms with Crippen LogP contribution >= 0.6 is 0 Å². The minimum atomic E-state index is 0.0236. The average molecular weight is 178 g/mol. The molecular formula is C8H10N4O. The van der Waals surface area contributed by atoms with E-state index in [1.807, 2.05) is 29.3 Å². The maximum absolute atomic E-state index is 7.46. The van der Waals surface area contributed by atoms with Gasteiger partial charge in [0.2, 0.25) is 5.84 Å². The Labute approximate surface area is 75.9 Å². The summed E-state index contributed by atoms with van der Waals surface area (Å²) in [7, 11) is 1.46. The standard InChI is InChI=1S/C8H10N4O/c1-13-7(9)8-11-10-6-4-2-3-5-12(6)8/h2-6,9-10H,1H3/t6-/m1/s1. The Kier molecular flexibility index (Phi) is 1.77. The third-order valence-corrected chi connectivity index (χ3v) is 1.91. The molecule has 0 aliphatic carbocycles. The number of hydrogen-bond donors (Lipinski definition) is 2. The van der Waals surface area contributed by atoms with Crippen molar-refractivity contribution in [2.45, 2.75) is 6.17 Å². The van der Waals surface area contributed by atoms with E-state index in [1.165, 1.54) is 7.11 Å². The van der Waals surface area contributed by atoms with Gasteiger partial charge >= 0.3 is 0 Å². The molecule has 2 aliphatic rings. The van der Waals surface area contributed by atoms with E-state index in [0.717, 1.165) is 0 Å². The van der Waals surface area contributed by atoms with Gasteiger partial charge in [0.05, 0.1) is 7.11 Å². The van der Waals surface area contributed by atoms with Gasteiger partial charge in [-0.15, -0.1) is 0 Å². The molecular weight excluding hydrogens is 168 g/mol. The number of nitrogens with one attached hydrogen (secondary N) is 2. The predicted molar refractivity (Wildman–Crippen MR) is 49.2 cm³/mol. The lowest BCUT2D eigenvalue weighted by Crippen LogP contribution is -2.38. The van der Waals surface area contributed by atoms with Crippen LogP contribution in [0.1, 0.15) is 0 Å². The van der Waals surface area contributed by atoms with Gasteiger partial charge < -0.3 is 9.64 Å². The van der Waals surface area contributed by atoms with Gasteiger partial charge in [-0.2, -0.15) is 5.10 Å². The van der Waals surface area contributed by atoms with Crippen LogP contribution in [-0.4, -0.2) is 29.9 Å². The number of amidine groups is 1. The number of hydrazone groups is 1. The second-order valence-corrected chi connectivity index (χ2v) is 2.68. The molecule has 5 heteroatoms. The fourth-order valence-corrected chi connectivity index (χ4v) is 1.25. The number of rotatable bonds is 1. The fraction of sp³-hybridized carbons (Fsp3) is 0.250. The second-order valence-electron chi connectivity index (χ2n) is 2.68. The van der Waals surface area contributed by atoms with Crippen LogP contribution < -0.4 is 5.43 Å². The molecule has 0 radical (unpaired) electrons. The van der Waals surface area contributed by atoms with Gasteiger partial charge in [-0.1, -0.05) is 6.08 Å². The van der Waals surface area contributed by atoms with Crippen molar-refractivity contribution in [2.75, 3.05) is 7.11 Å². The van der Waals surface area contributed by atoms with Gasteiger partial charge in [0.1, 0.15) is 6.17 Å². The summed E-state index contributed by atoms with van der Waals surface area (Å²) in [5.41, 5.74) is 2.88. The first kappa shape index (κ1) is 7.85. The second kappa shape index (κ2) is 2.93. The van der Waals surface area contributed by atoms with E-state index in [9.17, 15) is 0 Å². The Morgan fingerprint density at radius 2 is 2.54 bits per heavy atom. The summed E-state index contributed by atoms with van der Waals surface area (Å²) in [4.78, 5) is 1.84. The molecule has 0 bridgehead atoms. The zero-order chi connectivity index (χ0) is 9.26. The third-order valence-electron chi connectivity index (χ3n) is 1.91. The molecule has 2 rings (SSSR count). The highest BCUT2D eigenvalue weighted by atomic mass is 16.5. The Morgan fingerprint density at radius 1 is 1.69 bits per heavy atom. The molecule has 1 atom stereocenters. The van der Waals surface area contributed by atoms with Crippen LogP contribution in [0, 0.1) is 5.41 Å². The van der Waals surface area contributed by atoms with Gasteiger partial charge in [0.15, 0.2) is 0 Å². The summed E-state index contributed by atoms with van der Waals surface area (Å²) in [6, 6.07) is 0. The highest BCUT2D eigenvalue weighted by Gasteiger charge is 2.28. The fourth-order valence-electron chi connectivity index (χ4n) is 1.25. The molecule has 2 aliphatic heterocycles. The summed E-state index contributed by atoms with van der Waals surface area (Å²) < 4.78 is 4.80. The van der Waals surface area contributed by atoms with E-state index in [4.69, 9.17) is 10.1 Å². The van der Waals surface area contributed by atoms with Crippen molar-refractivity contribution in [1.82, 2.24) is 10.3 Å². The van der Waals surface area contributed by atoms with E-state index in [1.54, 1.807) is 0 Å². The van der Waals surface area contributed by atoms with Gasteiger partial charge in [-0.3, -0.25) is 10.8 Å². The summed E-state index contributed by atoms with van der Waals surface area (Å²) in [5, 5.41) is 11.5. The van der Waals surface area contributed by atoms with Crippen LogP contribution in [0.3, 0.4) is 0 Å². The zero-order valence-corrected chi connectivity index (χ0v) is 7.19. The maximum Gasteiger partial charge on any atom is 0.252 e. The molecule has 0 unspecified atom stereocenters. The van der Waals surface area contributed by atoms with Gasteiger partial charge in [-0.05, 0) is 12.2 Å². The third kappa shape index (κ3) is 1.18. The average Bonchev–Trinajstić information content (AvgIpc) is 2.60. The number of nitrogens with zero attached hydrogens (tertiary/aromatic N) is 2. The molecule has 2 heterocycles. The highest BCUT2D eigenvalue weighted by molar-refractivity contribution is 6.37. The first-order chi connectivity index (χ1) is 6.33. The van der Waals surface area contributed by atoms with Crippen molar-refractivity contribution in [3.63, 3.8) is 0 Å². The van der Waals surface area contributed by atoms with Crippen LogP contribution in [-0.2, 0) is 4.74 Å². The molecule has 0 aromatic carbocycles. The van der Waals surface area contributed by atoms with Crippen LogP contribution in [0.5, 0.6) is 0 Å². The zero-order valence-electron chi connectivity index (χ0n) is 7.19. The van der Waals surface area contributed by atoms with Crippen molar-refractivity contribution in [3.05, 3.63) is 24.4 Å². The van der Waals surface area contributed by atoms with E-state index < -0.39 is 0 Å². The lowest BCUT2D eigenvalue weighted by Gasteiger charge is -2.22. The quantitative estimate of drug-likeness (QED) is 0.446. The predicted octanol–water partition coefficient (Wildman–Crippen LogP) is 0.238. The minimum Gasteiger partial charge on any atom is -0.479 e. The Morgan fingerprint density at radius 3 is 3.31 bits per heavy atom. The largest absolute Gasteiger partial charge is 0.479 e. The Hall–Kier alpha value is -1.78. The molecule has 68 valence electrons. The maximum atomic E-state index is 7.46. The Bertz CT molecular complexity index is 318. The lowest BCUT2D eigenvalue weighted by molar-refractivity contribution is 0.395. The van der Waals surface area contributed by atoms with Crippen molar-refractivity contribution < 1.29 is 4.74 Å². The van der Waals surface area contributed by atoms with Crippen molar-refractivity contribution in [2.24, 2.45) is 5.10 Å². The molecule has 0 fully saturated rings. The molecule has 13 heavy (non-hydrogen) atoms. The molecule has 0 aromatic heterocycles. The van der Waals surface area contributed by atoms with E-state index >= 15 is 0 Å². The first-order valence-corrected chi connectivity index (χ1v) is 3.92. The molecule has 0 amide bonds. The van der Waals surface area contributed by atoms with E-state index in [-0.39, 0.29) is 12.1 Å². The summed E-state index contributed by atoms with van der Waals surface area (Å²) in [6.45, 7) is 0. The number of ether oxygens (including phenoxy) is 1. The van der Waals surface area contributed by atoms with E-state index in [2.05, 4.69) is 10.5 Å². The number of allylic oxidation sites excluding steroid dienone is 2. The smallest absolute Gasteiger partial charge is 0.252 e. The van der Waals surface area contributed by atoms with Crippen LogP contribution in [0.2, 0.25) is 0 Å². The van der Waals surface area contributed by atoms with Crippen molar-refractivity contribution in [3.8, 4) is 0 Å². The molecule has 0 saturated heterocycles. The normalized spacial score (nSPS) is 23.6. The number of methoxy groups -OCH3 is 1. The minimum absolute atomic E-state index is 0.0236. The molecule has 2 N–H and O–H groups in total. The SMILES string of the molecule is COC(=N)C1=NN[C@H]2C=CC=CN12. The first-order valence-electron chi connectivity index (χ1n) is 3.92. The molecule has 5 nitrogen and oxygen atoms in total. The van der Waals surface area contributed by atoms with Crippen LogP contribution in [0.4, 0.5) is 0 Å². The van der Waals surface area contributed by atoms with Gasteiger partial charge in [0, 0.05) is 6.20 Å². The lowest BCUT2D eigenvalue weighted by atomic mass is 10.3. The van der Waals surface area contributed by atoms with Crippen LogP contribution in [0.15, 0.2) is 29.5 Å². The number of hydrogen-bond acceptors (Lipinski definition) is 5. The van der Waals surface area contributed by atoms with E-state index in [0.29, 0.717) is 5.84 Å². The van der Waals surface area contributed by atoms with Gasteiger partial charge in [0.25, 0.3) is 5.90 Å². The Balaban J connectivity index is 2.20. The summed E-state index contributed by atoms with van der Waals surface area (Å²) >= 11 is 0. The van der Waals surface area contributed by atoms with Crippen molar-refractivity contribution in [1.29, 1.82) is 5.41 Å². The van der Waals surface area contributed by atoms with Crippen molar-refractivity contribution >= 4 is 11.7 Å². The monoisotopic (exact) mass is 178 g/mol. The topological polar surface area (TPSA) is 60.7 Å². The molecule has 0 aromatic rings. The van der Waals surface area contributed by atoms with Gasteiger partial charge in [-0.25, -0.2) is 0 Å².